The number of guanidine groups is 1. The molecule has 1 aromatic rings. The molecule has 1 rings (SSSR count). The summed E-state index contributed by atoms with van der Waals surface area (Å²) in [7, 11) is -4.14. The molecule has 0 aromatic carbocycles. The van der Waals surface area contributed by atoms with Crippen LogP contribution in [0.5, 0.6) is 0 Å². The van der Waals surface area contributed by atoms with Gasteiger partial charge in [-0.25, -0.2) is 9.97 Å². The van der Waals surface area contributed by atoms with Crippen LogP contribution < -0.4 is 22.5 Å². The molecule has 0 unspecified atom stereocenters. The normalized spacial score (nSPS) is 10.5. The lowest BCUT2D eigenvalue weighted by Gasteiger charge is -2.08. The van der Waals surface area contributed by atoms with Crippen molar-refractivity contribution in [2.45, 2.75) is 0 Å². The predicted octanol–water partition coefficient (Wildman–Crippen LogP) is -1.15. The summed E-state index contributed by atoms with van der Waals surface area (Å²) in [6.07, 6.45) is 0. The molecule has 0 spiro atoms. The first-order chi connectivity index (χ1) is 9.60. The number of nitrogens with two attached hydrogens (primary N) is 3. The maximum atomic E-state index is 11.6. The lowest BCUT2D eigenvalue weighted by atomic mass is 10.4. The molecule has 8 N–H and O–H groups in total. The molecular formula is C8H13Cl2N7O4S. The summed E-state index contributed by atoms with van der Waals surface area (Å²) in [5.41, 5.74) is 15.3. The second kappa shape index (κ2) is 7.93. The number of aromatic nitrogens is 2. The van der Waals surface area contributed by atoms with Gasteiger partial charge in [0.25, 0.3) is 10.1 Å². The van der Waals surface area contributed by atoms with Gasteiger partial charge in [-0.2, -0.15) is 13.4 Å². The largest absolute Gasteiger partial charge is 0.382 e. The second-order valence-corrected chi connectivity index (χ2v) is 5.58. The SMILES string of the molecule is Cl.NC(N)=NC(=O)c1nc(Cl)c(NCCS(=O)(=O)O)nc1N. The molecular weight excluding hydrogens is 361 g/mol. The Kier molecular flexibility index (Phi) is 7.25. The zero-order valence-corrected chi connectivity index (χ0v) is 13.2. The van der Waals surface area contributed by atoms with Crippen LogP contribution in [0.3, 0.4) is 0 Å². The highest BCUT2D eigenvalue weighted by atomic mass is 35.5. The zero-order valence-electron chi connectivity index (χ0n) is 10.9. The quantitative estimate of drug-likeness (QED) is 0.238. The molecule has 0 saturated heterocycles. The molecule has 1 amide bonds. The number of carbonyl (C=O) groups is 1. The van der Waals surface area contributed by atoms with Gasteiger partial charge in [-0.3, -0.25) is 9.35 Å². The van der Waals surface area contributed by atoms with E-state index in [0.717, 1.165) is 0 Å². The average Bonchev–Trinajstić information content (AvgIpc) is 2.30. The van der Waals surface area contributed by atoms with E-state index in [4.69, 9.17) is 33.4 Å². The van der Waals surface area contributed by atoms with Gasteiger partial charge < -0.3 is 22.5 Å². The summed E-state index contributed by atoms with van der Waals surface area (Å²) >= 11 is 5.77. The maximum absolute atomic E-state index is 11.6. The van der Waals surface area contributed by atoms with E-state index in [9.17, 15) is 13.2 Å². The van der Waals surface area contributed by atoms with Crippen molar-refractivity contribution in [1.82, 2.24) is 9.97 Å². The highest BCUT2D eigenvalue weighted by Gasteiger charge is 2.17. The van der Waals surface area contributed by atoms with E-state index in [1.54, 1.807) is 0 Å². The molecule has 0 bridgehead atoms. The van der Waals surface area contributed by atoms with Crippen LogP contribution in [0.1, 0.15) is 10.5 Å². The number of hydrogen-bond acceptors (Lipinski definition) is 7. The molecule has 0 atom stereocenters. The van der Waals surface area contributed by atoms with Crippen molar-refractivity contribution in [3.63, 3.8) is 0 Å². The molecule has 1 heterocycles. The third-order valence-electron chi connectivity index (χ3n) is 1.97. The molecule has 22 heavy (non-hydrogen) atoms. The third kappa shape index (κ3) is 6.26. The first-order valence-corrected chi connectivity index (χ1v) is 7.25. The highest BCUT2D eigenvalue weighted by Crippen LogP contribution is 2.20. The summed E-state index contributed by atoms with van der Waals surface area (Å²) in [6, 6.07) is 0. The first-order valence-electron chi connectivity index (χ1n) is 5.26. The monoisotopic (exact) mass is 373 g/mol. The number of anilines is 2. The van der Waals surface area contributed by atoms with E-state index in [2.05, 4.69) is 20.3 Å². The van der Waals surface area contributed by atoms with Crippen molar-refractivity contribution < 1.29 is 17.8 Å². The van der Waals surface area contributed by atoms with Crippen molar-refractivity contribution in [2.75, 3.05) is 23.3 Å². The van der Waals surface area contributed by atoms with Gasteiger partial charge in [-0.15, -0.1) is 12.4 Å². The average molecular weight is 374 g/mol. The predicted molar refractivity (Wildman–Crippen MR) is 83.7 cm³/mol. The maximum Gasteiger partial charge on any atom is 0.302 e. The Morgan fingerprint density at radius 1 is 1.36 bits per heavy atom. The number of nitrogens with one attached hydrogen (secondary N) is 1. The van der Waals surface area contributed by atoms with Gasteiger partial charge in [0.1, 0.15) is 0 Å². The molecule has 0 aliphatic heterocycles. The molecule has 0 radical (unpaired) electrons. The number of hydrogen-bond donors (Lipinski definition) is 5. The molecule has 0 fully saturated rings. The number of nitrogens with zero attached hydrogens (tertiary/aromatic N) is 3. The number of aliphatic imine (C=N–C) groups is 1. The third-order valence-corrected chi connectivity index (χ3v) is 2.95. The van der Waals surface area contributed by atoms with Crippen molar-refractivity contribution in [3.8, 4) is 0 Å². The Morgan fingerprint density at radius 3 is 2.45 bits per heavy atom. The molecule has 124 valence electrons. The summed E-state index contributed by atoms with van der Waals surface area (Å²) in [5, 5.41) is 2.25. The Bertz CT molecular complexity index is 690. The minimum Gasteiger partial charge on any atom is -0.382 e. The van der Waals surface area contributed by atoms with Crippen LogP contribution in [0.2, 0.25) is 5.15 Å². The second-order valence-electron chi connectivity index (χ2n) is 3.65. The van der Waals surface area contributed by atoms with Gasteiger partial charge in [0.05, 0.1) is 5.75 Å². The van der Waals surface area contributed by atoms with Crippen LogP contribution >= 0.6 is 24.0 Å². The summed E-state index contributed by atoms with van der Waals surface area (Å²) < 4.78 is 29.7. The Morgan fingerprint density at radius 2 is 1.95 bits per heavy atom. The Labute approximate surface area is 136 Å². The van der Waals surface area contributed by atoms with Crippen LogP contribution in [-0.4, -0.2) is 47.1 Å². The number of rotatable bonds is 5. The Hall–Kier alpha value is -1.89. The van der Waals surface area contributed by atoms with Gasteiger partial charge in [-0.05, 0) is 0 Å². The van der Waals surface area contributed by atoms with Crippen molar-refractivity contribution in [1.29, 1.82) is 0 Å². The summed E-state index contributed by atoms with van der Waals surface area (Å²) in [6.45, 7) is -0.187. The Balaban J connectivity index is 0.00000441. The van der Waals surface area contributed by atoms with Crippen LogP contribution in [0.4, 0.5) is 11.6 Å². The number of carbonyl (C=O) groups excluding carboxylic acids is 1. The van der Waals surface area contributed by atoms with E-state index in [-0.39, 0.29) is 41.4 Å². The molecule has 1 aromatic heterocycles. The van der Waals surface area contributed by atoms with Gasteiger partial charge >= 0.3 is 5.91 Å². The topological polar surface area (TPSA) is 200 Å². The van der Waals surface area contributed by atoms with E-state index in [0.29, 0.717) is 0 Å². The molecule has 0 aliphatic rings. The van der Waals surface area contributed by atoms with E-state index in [1.165, 1.54) is 0 Å². The van der Waals surface area contributed by atoms with Crippen molar-refractivity contribution in [3.05, 3.63) is 10.8 Å². The smallest absolute Gasteiger partial charge is 0.302 e. The van der Waals surface area contributed by atoms with Gasteiger partial charge in [0.15, 0.2) is 28.4 Å². The number of nitrogen functional groups attached to an aromatic ring is 1. The minimum atomic E-state index is -4.14. The highest BCUT2D eigenvalue weighted by molar-refractivity contribution is 7.85. The van der Waals surface area contributed by atoms with E-state index in [1.807, 2.05) is 0 Å². The van der Waals surface area contributed by atoms with E-state index >= 15 is 0 Å². The van der Waals surface area contributed by atoms with Crippen LogP contribution in [-0.2, 0) is 10.1 Å². The zero-order chi connectivity index (χ0) is 16.2. The number of halogens is 2. The van der Waals surface area contributed by atoms with Gasteiger partial charge in [0, 0.05) is 6.54 Å². The lowest BCUT2D eigenvalue weighted by molar-refractivity contribution is 0.0998. The van der Waals surface area contributed by atoms with Crippen molar-refractivity contribution in [2.24, 2.45) is 16.5 Å². The molecule has 0 saturated carbocycles. The van der Waals surface area contributed by atoms with E-state index < -0.39 is 27.7 Å². The lowest BCUT2D eigenvalue weighted by Crippen LogP contribution is -2.25. The molecule has 11 nitrogen and oxygen atoms in total. The minimum absolute atomic E-state index is 0. The van der Waals surface area contributed by atoms with Crippen LogP contribution in [0, 0.1) is 0 Å². The molecule has 0 aliphatic carbocycles. The summed E-state index contributed by atoms with van der Waals surface area (Å²) in [4.78, 5) is 22.2. The summed E-state index contributed by atoms with van der Waals surface area (Å²) in [5.74, 6) is -2.33. The van der Waals surface area contributed by atoms with Crippen LogP contribution in [0.25, 0.3) is 0 Å². The van der Waals surface area contributed by atoms with Gasteiger partial charge in [-0.1, -0.05) is 11.6 Å². The van der Waals surface area contributed by atoms with Crippen molar-refractivity contribution >= 4 is 57.6 Å². The standard InChI is InChI=1S/C8H12ClN7O4S.ClH/c9-4-6(13-1-2-21(18,19)20)15-5(10)3(14-4)7(17)16-8(11)12;/h1-2H2,(H3,10,13,15)(H,18,19,20)(H4,11,12,16,17);1H. The first kappa shape index (κ1) is 20.1. The van der Waals surface area contributed by atoms with Crippen LogP contribution in [0.15, 0.2) is 4.99 Å². The molecule has 14 heteroatoms. The van der Waals surface area contributed by atoms with Gasteiger partial charge in [0.2, 0.25) is 0 Å². The fourth-order valence-electron chi connectivity index (χ4n) is 1.17. The fraction of sp³-hybridized carbons (Fsp3) is 0.250. The fourth-order valence-corrected chi connectivity index (χ4v) is 1.72. The number of amides is 1.